The molecule has 1 aromatic rings. The SMILES string of the molecule is O=CCC(O)C(=O)c1ccccc1. The molecule has 68 valence electrons. The topological polar surface area (TPSA) is 54.4 Å². The fourth-order valence-corrected chi connectivity index (χ4v) is 0.993. The molecule has 0 saturated carbocycles. The van der Waals surface area contributed by atoms with Gasteiger partial charge in [0.15, 0.2) is 5.78 Å². The van der Waals surface area contributed by atoms with Crippen LogP contribution in [0.4, 0.5) is 0 Å². The summed E-state index contributed by atoms with van der Waals surface area (Å²) in [5.41, 5.74) is 0.428. The average Bonchev–Trinajstić information content (AvgIpc) is 2.18. The molecule has 1 N–H and O–H groups in total. The molecule has 0 aromatic heterocycles. The first-order valence-electron chi connectivity index (χ1n) is 3.96. The molecule has 0 saturated heterocycles. The number of aliphatic hydroxyl groups is 1. The molecular formula is C10H10O3. The highest BCUT2D eigenvalue weighted by Crippen LogP contribution is 2.04. The predicted octanol–water partition coefficient (Wildman–Crippen LogP) is 0.819. The van der Waals surface area contributed by atoms with Crippen LogP contribution in [0.1, 0.15) is 16.8 Å². The quantitative estimate of drug-likeness (QED) is 0.548. The van der Waals surface area contributed by atoms with Gasteiger partial charge in [0.25, 0.3) is 0 Å². The minimum absolute atomic E-state index is 0.145. The maximum absolute atomic E-state index is 11.3. The Bertz CT molecular complexity index is 292. The zero-order chi connectivity index (χ0) is 9.68. The second-order valence-corrected chi connectivity index (χ2v) is 2.65. The molecule has 1 rings (SSSR count). The Balaban J connectivity index is 2.73. The van der Waals surface area contributed by atoms with Gasteiger partial charge >= 0.3 is 0 Å². The van der Waals surface area contributed by atoms with Crippen LogP contribution in [-0.4, -0.2) is 23.3 Å². The maximum Gasteiger partial charge on any atom is 0.191 e. The summed E-state index contributed by atoms with van der Waals surface area (Å²) in [7, 11) is 0. The van der Waals surface area contributed by atoms with Gasteiger partial charge in [-0.15, -0.1) is 0 Å². The van der Waals surface area contributed by atoms with E-state index >= 15 is 0 Å². The second kappa shape index (κ2) is 4.52. The molecular weight excluding hydrogens is 168 g/mol. The number of aliphatic hydroxyl groups excluding tert-OH is 1. The van der Waals surface area contributed by atoms with Crippen molar-refractivity contribution in [2.45, 2.75) is 12.5 Å². The summed E-state index contributed by atoms with van der Waals surface area (Å²) in [6.07, 6.45) is -0.820. The van der Waals surface area contributed by atoms with E-state index in [1.165, 1.54) is 0 Å². The molecule has 0 aliphatic heterocycles. The van der Waals surface area contributed by atoms with Crippen molar-refractivity contribution in [2.75, 3.05) is 0 Å². The molecule has 0 spiro atoms. The van der Waals surface area contributed by atoms with Crippen molar-refractivity contribution in [3.8, 4) is 0 Å². The minimum Gasteiger partial charge on any atom is -0.384 e. The summed E-state index contributed by atoms with van der Waals surface area (Å²) in [4.78, 5) is 21.4. The van der Waals surface area contributed by atoms with Gasteiger partial charge in [-0.25, -0.2) is 0 Å². The lowest BCUT2D eigenvalue weighted by atomic mass is 10.1. The van der Waals surface area contributed by atoms with Gasteiger partial charge in [-0.05, 0) is 0 Å². The van der Waals surface area contributed by atoms with Crippen LogP contribution in [-0.2, 0) is 4.79 Å². The van der Waals surface area contributed by atoms with E-state index in [1.807, 2.05) is 0 Å². The predicted molar refractivity (Wildman–Crippen MR) is 47.5 cm³/mol. The van der Waals surface area contributed by atoms with Gasteiger partial charge in [0.05, 0.1) is 0 Å². The number of ketones is 1. The Morgan fingerprint density at radius 2 is 2.00 bits per heavy atom. The molecule has 3 heteroatoms. The molecule has 1 aromatic carbocycles. The number of Topliss-reactive ketones (excluding diaryl/α,β-unsaturated/α-hetero) is 1. The number of carbonyl (C=O) groups is 2. The number of rotatable bonds is 4. The van der Waals surface area contributed by atoms with Gasteiger partial charge < -0.3 is 9.90 Å². The van der Waals surface area contributed by atoms with Crippen molar-refractivity contribution < 1.29 is 14.7 Å². The van der Waals surface area contributed by atoms with Crippen LogP contribution < -0.4 is 0 Å². The van der Waals surface area contributed by atoms with E-state index in [0.717, 1.165) is 0 Å². The van der Waals surface area contributed by atoms with Crippen molar-refractivity contribution in [3.05, 3.63) is 35.9 Å². The third-order valence-corrected chi connectivity index (χ3v) is 1.68. The summed E-state index contributed by atoms with van der Waals surface area (Å²) in [5, 5.41) is 9.19. The Labute approximate surface area is 76.0 Å². The van der Waals surface area contributed by atoms with Crippen LogP contribution in [0.3, 0.4) is 0 Å². The summed E-state index contributed by atoms with van der Waals surface area (Å²) < 4.78 is 0. The third kappa shape index (κ3) is 2.49. The van der Waals surface area contributed by atoms with E-state index in [9.17, 15) is 14.7 Å². The molecule has 1 unspecified atom stereocenters. The molecule has 0 fully saturated rings. The lowest BCUT2D eigenvalue weighted by Crippen LogP contribution is -2.20. The van der Waals surface area contributed by atoms with Crippen LogP contribution >= 0.6 is 0 Å². The lowest BCUT2D eigenvalue weighted by molar-refractivity contribution is -0.109. The molecule has 0 amide bonds. The van der Waals surface area contributed by atoms with Crippen LogP contribution in [0, 0.1) is 0 Å². The van der Waals surface area contributed by atoms with Gasteiger partial charge in [-0.3, -0.25) is 4.79 Å². The number of aldehydes is 1. The zero-order valence-electron chi connectivity index (χ0n) is 7.01. The molecule has 0 aliphatic rings. The van der Waals surface area contributed by atoms with Gasteiger partial charge in [-0.2, -0.15) is 0 Å². The highest BCUT2D eigenvalue weighted by Gasteiger charge is 2.15. The fraction of sp³-hybridized carbons (Fsp3) is 0.200. The van der Waals surface area contributed by atoms with E-state index in [-0.39, 0.29) is 6.42 Å². The first-order chi connectivity index (χ1) is 6.25. The highest BCUT2D eigenvalue weighted by molar-refractivity contribution is 6.00. The molecule has 1 atom stereocenters. The van der Waals surface area contributed by atoms with Crippen molar-refractivity contribution in [2.24, 2.45) is 0 Å². The first kappa shape index (κ1) is 9.61. The first-order valence-corrected chi connectivity index (χ1v) is 3.96. The summed E-state index contributed by atoms with van der Waals surface area (Å²) in [5.74, 6) is -0.410. The lowest BCUT2D eigenvalue weighted by Gasteiger charge is -2.04. The number of hydrogen-bond donors (Lipinski definition) is 1. The number of hydrogen-bond acceptors (Lipinski definition) is 3. The van der Waals surface area contributed by atoms with Gasteiger partial charge in [0, 0.05) is 12.0 Å². The maximum atomic E-state index is 11.3. The zero-order valence-corrected chi connectivity index (χ0v) is 7.01. The van der Waals surface area contributed by atoms with Crippen LogP contribution in [0.25, 0.3) is 0 Å². The molecule has 0 heterocycles. The fourth-order valence-electron chi connectivity index (χ4n) is 0.993. The Kier molecular flexibility index (Phi) is 3.34. The van der Waals surface area contributed by atoms with Crippen molar-refractivity contribution in [3.63, 3.8) is 0 Å². The number of carbonyl (C=O) groups excluding carboxylic acids is 2. The minimum atomic E-state index is -1.21. The smallest absolute Gasteiger partial charge is 0.191 e. The molecule has 0 aliphatic carbocycles. The van der Waals surface area contributed by atoms with Crippen LogP contribution in [0.2, 0.25) is 0 Å². The van der Waals surface area contributed by atoms with Gasteiger partial charge in [-0.1, -0.05) is 30.3 Å². The van der Waals surface area contributed by atoms with E-state index in [1.54, 1.807) is 30.3 Å². The van der Waals surface area contributed by atoms with Crippen molar-refractivity contribution >= 4 is 12.1 Å². The van der Waals surface area contributed by atoms with Crippen molar-refractivity contribution in [1.82, 2.24) is 0 Å². The van der Waals surface area contributed by atoms with E-state index in [2.05, 4.69) is 0 Å². The molecule has 0 bridgehead atoms. The Morgan fingerprint density at radius 3 is 2.54 bits per heavy atom. The monoisotopic (exact) mass is 178 g/mol. The van der Waals surface area contributed by atoms with Crippen molar-refractivity contribution in [1.29, 1.82) is 0 Å². The van der Waals surface area contributed by atoms with Crippen LogP contribution in [0.5, 0.6) is 0 Å². The largest absolute Gasteiger partial charge is 0.384 e. The summed E-state index contributed by atoms with van der Waals surface area (Å²) >= 11 is 0. The average molecular weight is 178 g/mol. The summed E-state index contributed by atoms with van der Waals surface area (Å²) in [6.45, 7) is 0. The standard InChI is InChI=1S/C10H10O3/c11-7-6-9(12)10(13)8-4-2-1-3-5-8/h1-5,7,9,12H,6H2. The van der Waals surface area contributed by atoms with E-state index in [4.69, 9.17) is 0 Å². The van der Waals surface area contributed by atoms with Gasteiger partial charge in [0.2, 0.25) is 0 Å². The van der Waals surface area contributed by atoms with Gasteiger partial charge in [0.1, 0.15) is 12.4 Å². The molecule has 3 nitrogen and oxygen atoms in total. The third-order valence-electron chi connectivity index (χ3n) is 1.68. The highest BCUT2D eigenvalue weighted by atomic mass is 16.3. The second-order valence-electron chi connectivity index (χ2n) is 2.65. The Morgan fingerprint density at radius 1 is 1.38 bits per heavy atom. The van der Waals surface area contributed by atoms with E-state index < -0.39 is 11.9 Å². The summed E-state index contributed by atoms with van der Waals surface area (Å²) in [6, 6.07) is 8.41. The Hall–Kier alpha value is -1.48. The number of benzene rings is 1. The van der Waals surface area contributed by atoms with Crippen LogP contribution in [0.15, 0.2) is 30.3 Å². The molecule has 0 radical (unpaired) electrons. The molecule has 13 heavy (non-hydrogen) atoms. The normalized spacial score (nSPS) is 12.1. The van der Waals surface area contributed by atoms with E-state index in [0.29, 0.717) is 11.8 Å².